The highest BCUT2D eigenvalue weighted by Crippen LogP contribution is 2.13. The van der Waals surface area contributed by atoms with Crippen LogP contribution in [0.3, 0.4) is 0 Å². The molecule has 10 heavy (non-hydrogen) atoms. The van der Waals surface area contributed by atoms with E-state index in [9.17, 15) is 0 Å². The maximum Gasteiger partial charge on any atom is 0.320 e. The third kappa shape index (κ3) is 2.38. The summed E-state index contributed by atoms with van der Waals surface area (Å²) in [7, 11) is -1.35. The average molecular weight is 162 g/mol. The van der Waals surface area contributed by atoms with E-state index in [1.165, 1.54) is 0 Å². The molecular formula is C6H14O3Si. The highest BCUT2D eigenvalue weighted by atomic mass is 28.3. The second kappa shape index (κ2) is 4.08. The van der Waals surface area contributed by atoms with Crippen molar-refractivity contribution in [1.29, 1.82) is 0 Å². The van der Waals surface area contributed by atoms with E-state index in [-0.39, 0.29) is 6.29 Å². The van der Waals surface area contributed by atoms with Crippen molar-refractivity contribution in [3.05, 3.63) is 0 Å². The molecule has 2 atom stereocenters. The monoisotopic (exact) mass is 162 g/mol. The van der Waals surface area contributed by atoms with Crippen LogP contribution in [0.2, 0.25) is 6.55 Å². The van der Waals surface area contributed by atoms with Crippen LogP contribution in [-0.2, 0) is 13.6 Å². The molecule has 1 rings (SSSR count). The van der Waals surface area contributed by atoms with Crippen LogP contribution in [0.5, 0.6) is 0 Å². The van der Waals surface area contributed by atoms with E-state index >= 15 is 0 Å². The van der Waals surface area contributed by atoms with Crippen LogP contribution < -0.4 is 0 Å². The zero-order valence-corrected chi connectivity index (χ0v) is 7.66. The Kier molecular flexibility index (Phi) is 3.34. The first-order valence-electron chi connectivity index (χ1n) is 3.71. The van der Waals surface area contributed by atoms with Crippen molar-refractivity contribution in [2.45, 2.75) is 26.2 Å². The maximum absolute atomic E-state index is 5.42. The van der Waals surface area contributed by atoms with E-state index in [1.807, 2.05) is 13.5 Å². The zero-order chi connectivity index (χ0) is 7.40. The van der Waals surface area contributed by atoms with Gasteiger partial charge in [0.2, 0.25) is 0 Å². The van der Waals surface area contributed by atoms with Gasteiger partial charge in [-0.05, 0) is 13.5 Å². The summed E-state index contributed by atoms with van der Waals surface area (Å²) in [5.74, 6) is 0. The van der Waals surface area contributed by atoms with Gasteiger partial charge in [0.05, 0.1) is 6.61 Å². The van der Waals surface area contributed by atoms with Gasteiger partial charge in [0.25, 0.3) is 0 Å². The fourth-order valence-corrected chi connectivity index (χ4v) is 2.00. The lowest BCUT2D eigenvalue weighted by molar-refractivity contribution is -0.174. The van der Waals surface area contributed by atoms with Crippen LogP contribution in [0.4, 0.5) is 0 Å². The molecule has 1 aliphatic rings. The minimum atomic E-state index is -1.35. The molecule has 1 saturated heterocycles. The van der Waals surface area contributed by atoms with E-state index in [0.29, 0.717) is 0 Å². The summed E-state index contributed by atoms with van der Waals surface area (Å²) in [6, 6.07) is 0. The molecule has 0 aromatic carbocycles. The molecule has 0 amide bonds. The third-order valence-corrected chi connectivity index (χ3v) is 2.89. The van der Waals surface area contributed by atoms with Crippen molar-refractivity contribution in [2.75, 3.05) is 13.2 Å². The first-order valence-corrected chi connectivity index (χ1v) is 5.81. The van der Waals surface area contributed by atoms with Gasteiger partial charge in [-0.25, -0.2) is 0 Å². The molecule has 0 aromatic heterocycles. The number of ether oxygens (including phenoxy) is 1. The Morgan fingerprint density at radius 2 is 2.40 bits per heavy atom. The molecule has 0 N–H and O–H groups in total. The van der Waals surface area contributed by atoms with Crippen LogP contribution in [0.1, 0.15) is 13.3 Å². The van der Waals surface area contributed by atoms with E-state index in [4.69, 9.17) is 13.6 Å². The Morgan fingerprint density at radius 1 is 1.70 bits per heavy atom. The lowest BCUT2D eigenvalue weighted by Crippen LogP contribution is -2.35. The molecule has 0 aliphatic carbocycles. The second-order valence-electron chi connectivity index (χ2n) is 2.25. The molecule has 1 fully saturated rings. The Bertz CT molecular complexity index is 95.0. The molecule has 1 heterocycles. The molecule has 1 aliphatic heterocycles. The molecule has 60 valence electrons. The van der Waals surface area contributed by atoms with Crippen LogP contribution in [0.15, 0.2) is 0 Å². The van der Waals surface area contributed by atoms with Gasteiger partial charge in [0, 0.05) is 13.0 Å². The van der Waals surface area contributed by atoms with Crippen LogP contribution in [0.25, 0.3) is 0 Å². The van der Waals surface area contributed by atoms with Crippen molar-refractivity contribution in [3.63, 3.8) is 0 Å². The Hall–Kier alpha value is 0.0969. The van der Waals surface area contributed by atoms with Gasteiger partial charge in [0.15, 0.2) is 6.29 Å². The van der Waals surface area contributed by atoms with E-state index in [0.717, 1.165) is 19.6 Å². The number of hydrogen-bond acceptors (Lipinski definition) is 3. The van der Waals surface area contributed by atoms with Crippen molar-refractivity contribution in [1.82, 2.24) is 0 Å². The van der Waals surface area contributed by atoms with Crippen LogP contribution >= 0.6 is 0 Å². The molecule has 0 aromatic rings. The lowest BCUT2D eigenvalue weighted by Gasteiger charge is -2.28. The number of rotatable bonds is 4. The van der Waals surface area contributed by atoms with E-state index < -0.39 is 9.28 Å². The van der Waals surface area contributed by atoms with Crippen molar-refractivity contribution in [2.24, 2.45) is 0 Å². The molecule has 0 spiro atoms. The summed E-state index contributed by atoms with van der Waals surface area (Å²) < 4.78 is 15.8. The fraction of sp³-hybridized carbons (Fsp3) is 1.00. The van der Waals surface area contributed by atoms with Crippen LogP contribution in [-0.4, -0.2) is 28.8 Å². The lowest BCUT2D eigenvalue weighted by atomic mass is 10.4. The van der Waals surface area contributed by atoms with Gasteiger partial charge in [-0.1, -0.05) is 0 Å². The Morgan fingerprint density at radius 3 is 2.80 bits per heavy atom. The summed E-state index contributed by atoms with van der Waals surface area (Å²) in [4.78, 5) is 0. The summed E-state index contributed by atoms with van der Waals surface area (Å²) >= 11 is 0. The van der Waals surface area contributed by atoms with Gasteiger partial charge < -0.3 is 13.6 Å². The minimum Gasteiger partial charge on any atom is -0.397 e. The SMILES string of the molecule is CCO[SiH](C)OC1CCO1. The molecule has 3 nitrogen and oxygen atoms in total. The summed E-state index contributed by atoms with van der Waals surface area (Å²) in [6.45, 7) is 5.59. The quantitative estimate of drug-likeness (QED) is 0.568. The topological polar surface area (TPSA) is 27.7 Å². The highest BCUT2D eigenvalue weighted by Gasteiger charge is 2.21. The van der Waals surface area contributed by atoms with Gasteiger partial charge in [0.1, 0.15) is 0 Å². The van der Waals surface area contributed by atoms with Crippen LogP contribution in [0, 0.1) is 0 Å². The molecule has 0 saturated carbocycles. The molecule has 4 heteroatoms. The Labute approximate surface area is 63.1 Å². The summed E-state index contributed by atoms with van der Waals surface area (Å²) in [5.41, 5.74) is 0. The normalized spacial score (nSPS) is 27.6. The smallest absolute Gasteiger partial charge is 0.320 e. The standard InChI is InChI=1S/C6H14O3Si/c1-3-8-10(2)9-6-4-5-7-6/h6,10H,3-5H2,1-2H3. The zero-order valence-electron chi connectivity index (χ0n) is 6.50. The molecule has 2 unspecified atom stereocenters. The van der Waals surface area contributed by atoms with Crippen molar-refractivity contribution < 1.29 is 13.6 Å². The van der Waals surface area contributed by atoms with Crippen molar-refractivity contribution in [3.8, 4) is 0 Å². The summed E-state index contributed by atoms with van der Waals surface area (Å²) in [5, 5.41) is 0. The first kappa shape index (κ1) is 8.20. The predicted octanol–water partition coefficient (Wildman–Crippen LogP) is 0.636. The van der Waals surface area contributed by atoms with E-state index in [2.05, 4.69) is 0 Å². The molecular weight excluding hydrogens is 148 g/mol. The van der Waals surface area contributed by atoms with E-state index in [1.54, 1.807) is 0 Å². The van der Waals surface area contributed by atoms with Gasteiger partial charge in [-0.3, -0.25) is 0 Å². The highest BCUT2D eigenvalue weighted by molar-refractivity contribution is 6.42. The Balaban J connectivity index is 1.99. The van der Waals surface area contributed by atoms with Crippen molar-refractivity contribution >= 4 is 9.28 Å². The first-order chi connectivity index (χ1) is 4.83. The average Bonchev–Trinajstić information content (AvgIpc) is 1.80. The second-order valence-corrected chi connectivity index (χ2v) is 3.99. The van der Waals surface area contributed by atoms with Gasteiger partial charge >= 0.3 is 9.28 Å². The van der Waals surface area contributed by atoms with Gasteiger partial charge in [-0.15, -0.1) is 0 Å². The number of hydrogen-bond donors (Lipinski definition) is 0. The molecule has 0 bridgehead atoms. The summed E-state index contributed by atoms with van der Waals surface area (Å²) in [6.07, 6.45) is 1.08. The largest absolute Gasteiger partial charge is 0.397 e. The molecule has 0 radical (unpaired) electrons. The maximum atomic E-state index is 5.42. The van der Waals surface area contributed by atoms with Gasteiger partial charge in [-0.2, -0.15) is 0 Å². The fourth-order valence-electron chi connectivity index (χ4n) is 0.809. The minimum absolute atomic E-state index is 0.0493. The predicted molar refractivity (Wildman–Crippen MR) is 40.1 cm³/mol. The third-order valence-electron chi connectivity index (χ3n) is 1.40.